The molecule has 2 saturated carbocycles. The number of thioether (sulfide) groups is 1. The molecule has 7 rings (SSSR count). The summed E-state index contributed by atoms with van der Waals surface area (Å²) >= 11 is 2.62. The standard InChI is InChI=1S/C32H29F3N2O7S2/c1-3-42-20-10-14(8-9-19(20)44-13-21(38)43-4-2)22-23-17-12-18(26(23)45-28-27(22)46-31(41)36-28)25-24(17)29(39)37(30(25)40)16-7-5-6-15(11-16)32(33,34)35/h5-11,17-18,22-26H,3-4,12-13H2,1-2H3,(H,36,41)/t17-,18-,22-,23?,24?,25?,26?/m1/s1. The Morgan fingerprint density at radius 3 is 2.46 bits per heavy atom. The van der Waals surface area contributed by atoms with Crippen LogP contribution < -0.4 is 19.2 Å². The van der Waals surface area contributed by atoms with E-state index in [-0.39, 0.29) is 52.7 Å². The number of H-pyrrole nitrogens is 1. The Morgan fingerprint density at radius 2 is 1.74 bits per heavy atom. The van der Waals surface area contributed by atoms with E-state index in [0.29, 0.717) is 24.5 Å². The first-order valence-corrected chi connectivity index (χ1v) is 16.7. The van der Waals surface area contributed by atoms with E-state index < -0.39 is 41.4 Å². The number of thiazole rings is 1. The SMILES string of the molecule is CCOC(=O)COc1ccc([C@H]2c3sc(=O)[nH]c3SC3C2[C@H]2C[C@@H]3C3C(=O)N(c4cccc(C(F)(F)F)c4)C(=O)C32)cc1OCC. The average molecular weight is 675 g/mol. The van der Waals surface area contributed by atoms with E-state index >= 15 is 0 Å². The molecule has 0 radical (unpaired) electrons. The third-order valence-corrected chi connectivity index (χ3v) is 12.0. The third kappa shape index (κ3) is 4.91. The van der Waals surface area contributed by atoms with Gasteiger partial charge in [0.1, 0.15) is 0 Å². The maximum absolute atomic E-state index is 14.0. The molecule has 46 heavy (non-hydrogen) atoms. The van der Waals surface area contributed by atoms with Crippen LogP contribution in [0.25, 0.3) is 0 Å². The van der Waals surface area contributed by atoms with Gasteiger partial charge in [-0.3, -0.25) is 19.3 Å². The van der Waals surface area contributed by atoms with Gasteiger partial charge in [0, 0.05) is 16.0 Å². The lowest BCUT2D eigenvalue weighted by Gasteiger charge is -2.43. The highest BCUT2D eigenvalue weighted by atomic mass is 32.2. The van der Waals surface area contributed by atoms with Gasteiger partial charge >= 0.3 is 17.0 Å². The largest absolute Gasteiger partial charge is 0.490 e. The van der Waals surface area contributed by atoms with Crippen molar-refractivity contribution in [3.05, 3.63) is 68.1 Å². The number of rotatable bonds is 8. The molecule has 3 fully saturated rings. The van der Waals surface area contributed by atoms with E-state index in [0.717, 1.165) is 43.8 Å². The van der Waals surface area contributed by atoms with Crippen molar-refractivity contribution in [2.45, 2.75) is 42.6 Å². The first-order valence-electron chi connectivity index (χ1n) is 15.0. The van der Waals surface area contributed by atoms with Crippen LogP contribution in [0.4, 0.5) is 18.9 Å². The quantitative estimate of drug-likeness (QED) is 0.247. The second-order valence-electron chi connectivity index (χ2n) is 11.8. The molecule has 1 aromatic heterocycles. The van der Waals surface area contributed by atoms with Crippen LogP contribution in [0, 0.1) is 29.6 Å². The highest BCUT2D eigenvalue weighted by Crippen LogP contribution is 2.69. The number of hydrogen-bond acceptors (Lipinski definition) is 9. The van der Waals surface area contributed by atoms with Crippen LogP contribution in [0.5, 0.6) is 11.5 Å². The number of ether oxygens (including phenoxy) is 3. The third-order valence-electron chi connectivity index (χ3n) is 9.43. The summed E-state index contributed by atoms with van der Waals surface area (Å²) < 4.78 is 57.1. The number of fused-ring (bicyclic) bond motifs is 9. The Kier molecular flexibility index (Phi) is 7.70. The Balaban J connectivity index is 1.25. The summed E-state index contributed by atoms with van der Waals surface area (Å²) in [5.41, 5.74) is -0.175. The Hall–Kier alpha value is -3.78. The van der Waals surface area contributed by atoms with Gasteiger partial charge in [0.05, 0.1) is 41.3 Å². The molecule has 4 aliphatic rings. The first kappa shape index (κ1) is 30.9. The Morgan fingerprint density at radius 1 is 0.978 bits per heavy atom. The van der Waals surface area contributed by atoms with Gasteiger partial charge in [-0.2, -0.15) is 13.2 Å². The number of halogens is 3. The molecule has 14 heteroatoms. The predicted molar refractivity (Wildman–Crippen MR) is 162 cm³/mol. The zero-order chi connectivity index (χ0) is 32.5. The number of aromatic amines is 1. The predicted octanol–water partition coefficient (Wildman–Crippen LogP) is 5.47. The number of imide groups is 1. The summed E-state index contributed by atoms with van der Waals surface area (Å²) in [5.74, 6) is -2.90. The van der Waals surface area contributed by atoms with Crippen LogP contribution in [0.15, 0.2) is 52.3 Å². The van der Waals surface area contributed by atoms with Crippen molar-refractivity contribution in [1.82, 2.24) is 4.98 Å². The minimum absolute atomic E-state index is 0.0750. The van der Waals surface area contributed by atoms with Crippen LogP contribution in [0.3, 0.4) is 0 Å². The number of nitrogens with zero attached hydrogens (tertiary/aromatic N) is 1. The number of carbonyl (C=O) groups excluding carboxylic acids is 3. The zero-order valence-electron chi connectivity index (χ0n) is 24.7. The molecule has 1 N–H and O–H groups in total. The van der Waals surface area contributed by atoms with E-state index in [1.54, 1.807) is 13.0 Å². The molecule has 2 aliphatic heterocycles. The van der Waals surface area contributed by atoms with Gasteiger partial charge in [0.25, 0.3) is 0 Å². The number of alkyl halides is 3. The molecule has 2 aromatic carbocycles. The van der Waals surface area contributed by atoms with E-state index in [2.05, 4.69) is 4.98 Å². The maximum Gasteiger partial charge on any atom is 0.416 e. The van der Waals surface area contributed by atoms with Crippen LogP contribution >= 0.6 is 23.1 Å². The molecule has 2 bridgehead atoms. The minimum Gasteiger partial charge on any atom is -0.490 e. The number of benzene rings is 2. The topological polar surface area (TPSA) is 115 Å². The molecule has 242 valence electrons. The molecule has 3 aromatic rings. The van der Waals surface area contributed by atoms with Gasteiger partial charge in [-0.25, -0.2) is 4.79 Å². The van der Waals surface area contributed by atoms with Crippen molar-refractivity contribution in [2.75, 3.05) is 24.7 Å². The van der Waals surface area contributed by atoms with Crippen LogP contribution in [0.2, 0.25) is 0 Å². The van der Waals surface area contributed by atoms with E-state index in [9.17, 15) is 32.3 Å². The number of nitrogens with one attached hydrogen (secondary N) is 1. The summed E-state index contributed by atoms with van der Waals surface area (Å²) in [6, 6.07) is 9.73. The molecule has 9 nitrogen and oxygen atoms in total. The van der Waals surface area contributed by atoms with Crippen LogP contribution in [-0.2, 0) is 25.3 Å². The summed E-state index contributed by atoms with van der Waals surface area (Å²) in [7, 11) is 0. The molecule has 4 unspecified atom stereocenters. The highest BCUT2D eigenvalue weighted by Gasteiger charge is 2.69. The summed E-state index contributed by atoms with van der Waals surface area (Å²) in [5, 5.41) is 0.611. The van der Waals surface area contributed by atoms with Gasteiger partial charge in [-0.15, -0.1) is 11.8 Å². The molecule has 2 amide bonds. The van der Waals surface area contributed by atoms with Crippen molar-refractivity contribution in [3.63, 3.8) is 0 Å². The number of carbonyl (C=O) groups is 3. The Bertz CT molecular complexity index is 1790. The smallest absolute Gasteiger partial charge is 0.416 e. The average Bonchev–Trinajstić information content (AvgIpc) is 3.75. The monoisotopic (exact) mass is 674 g/mol. The van der Waals surface area contributed by atoms with E-state index in [1.165, 1.54) is 23.9 Å². The molecular formula is C32H29F3N2O7S2. The highest BCUT2D eigenvalue weighted by molar-refractivity contribution is 8.00. The maximum atomic E-state index is 14.0. The van der Waals surface area contributed by atoms with Crippen molar-refractivity contribution >= 4 is 46.6 Å². The lowest BCUT2D eigenvalue weighted by Crippen LogP contribution is -2.42. The Labute approximate surface area is 269 Å². The second kappa shape index (κ2) is 11.5. The van der Waals surface area contributed by atoms with E-state index in [4.69, 9.17) is 14.2 Å². The summed E-state index contributed by atoms with van der Waals surface area (Å²) in [6.45, 7) is 3.77. The van der Waals surface area contributed by atoms with Crippen molar-refractivity contribution in [2.24, 2.45) is 29.6 Å². The lowest BCUT2D eigenvalue weighted by atomic mass is 9.68. The summed E-state index contributed by atoms with van der Waals surface area (Å²) in [6.07, 6.45) is -4.00. The van der Waals surface area contributed by atoms with Gasteiger partial charge in [-0.1, -0.05) is 23.5 Å². The van der Waals surface area contributed by atoms with Gasteiger partial charge in [-0.05, 0) is 73.9 Å². The fraction of sp³-hybridized carbons (Fsp3) is 0.438. The lowest BCUT2D eigenvalue weighted by molar-refractivity contribution is -0.145. The van der Waals surface area contributed by atoms with Crippen LogP contribution in [0.1, 0.15) is 42.2 Å². The number of hydrogen-bond donors (Lipinski definition) is 1. The number of esters is 1. The fourth-order valence-corrected chi connectivity index (χ4v) is 10.8. The zero-order valence-corrected chi connectivity index (χ0v) is 26.3. The van der Waals surface area contributed by atoms with Gasteiger partial charge < -0.3 is 19.2 Å². The van der Waals surface area contributed by atoms with Crippen molar-refractivity contribution in [1.29, 1.82) is 0 Å². The van der Waals surface area contributed by atoms with Crippen molar-refractivity contribution in [3.8, 4) is 11.5 Å². The molecule has 0 spiro atoms. The van der Waals surface area contributed by atoms with Crippen molar-refractivity contribution < 1.29 is 41.8 Å². The number of aromatic nitrogens is 1. The normalized spacial score (nSPS) is 27.8. The van der Waals surface area contributed by atoms with E-state index in [1.807, 2.05) is 19.1 Å². The first-order chi connectivity index (χ1) is 22.0. The molecule has 7 atom stereocenters. The van der Waals surface area contributed by atoms with Gasteiger partial charge in [0.15, 0.2) is 18.1 Å². The molecule has 3 heterocycles. The number of amides is 2. The minimum atomic E-state index is -4.62. The fourth-order valence-electron chi connectivity index (χ4n) is 7.91. The number of anilines is 1. The summed E-state index contributed by atoms with van der Waals surface area (Å²) in [4.78, 5) is 56.8. The molecule has 2 aliphatic carbocycles. The molecular weight excluding hydrogens is 645 g/mol. The molecule has 1 saturated heterocycles. The second-order valence-corrected chi connectivity index (χ2v) is 14.0. The van der Waals surface area contributed by atoms with Gasteiger partial charge in [0.2, 0.25) is 11.8 Å². The van der Waals surface area contributed by atoms with Crippen LogP contribution in [-0.4, -0.2) is 47.8 Å².